The van der Waals surface area contributed by atoms with E-state index >= 15 is 0 Å². The Balaban J connectivity index is 2.31. The van der Waals surface area contributed by atoms with E-state index in [1.165, 1.54) is 0 Å². The highest BCUT2D eigenvalue weighted by Crippen LogP contribution is 2.24. The second-order valence-corrected chi connectivity index (χ2v) is 4.99. The van der Waals surface area contributed by atoms with Crippen LogP contribution in [0.5, 0.6) is 0 Å². The number of nitrogens with zero attached hydrogens (tertiary/aromatic N) is 1. The van der Waals surface area contributed by atoms with Crippen molar-refractivity contribution in [2.24, 2.45) is 0 Å². The summed E-state index contributed by atoms with van der Waals surface area (Å²) in [5.41, 5.74) is 2.86. The van der Waals surface area contributed by atoms with Crippen LogP contribution in [0, 0.1) is 0 Å². The van der Waals surface area contributed by atoms with E-state index in [1.54, 1.807) is 0 Å². The highest BCUT2D eigenvalue weighted by molar-refractivity contribution is 6.00. The van der Waals surface area contributed by atoms with Gasteiger partial charge in [-0.25, -0.2) is 0 Å². The predicted octanol–water partition coefficient (Wildman–Crippen LogP) is 4.23. The second kappa shape index (κ2) is 6.90. The first kappa shape index (κ1) is 14.3. The van der Waals surface area contributed by atoms with Crippen molar-refractivity contribution in [1.29, 1.82) is 0 Å². The van der Waals surface area contributed by atoms with Gasteiger partial charge in [-0.2, -0.15) is 0 Å². The van der Waals surface area contributed by atoms with Crippen LogP contribution in [0.4, 0.5) is 0 Å². The summed E-state index contributed by atoms with van der Waals surface area (Å²) in [6.07, 6.45) is 2.13. The van der Waals surface area contributed by atoms with Crippen LogP contribution in [-0.4, -0.2) is 24.4 Å². The Morgan fingerprint density at radius 2 is 1.65 bits per heavy atom. The summed E-state index contributed by atoms with van der Waals surface area (Å²) in [7, 11) is 1.87. The van der Waals surface area contributed by atoms with E-state index in [2.05, 4.69) is 6.92 Å². The molecule has 0 saturated carbocycles. The Bertz CT molecular complexity index is 563. The van der Waals surface area contributed by atoms with E-state index in [4.69, 9.17) is 0 Å². The molecule has 0 unspecified atom stereocenters. The van der Waals surface area contributed by atoms with Crippen LogP contribution in [0.1, 0.15) is 30.1 Å². The Kier molecular flexibility index (Phi) is 4.94. The smallest absolute Gasteiger partial charge is 0.254 e. The fraction of sp³-hybridized carbons (Fsp3) is 0.278. The molecule has 2 aromatic carbocycles. The summed E-state index contributed by atoms with van der Waals surface area (Å²) >= 11 is 0. The SMILES string of the molecule is CCCCN(C)C(=O)c1ccccc1-c1ccccc1. The summed E-state index contributed by atoms with van der Waals surface area (Å²) in [6.45, 7) is 2.94. The highest BCUT2D eigenvalue weighted by atomic mass is 16.2. The zero-order valence-corrected chi connectivity index (χ0v) is 12.2. The van der Waals surface area contributed by atoms with Gasteiger partial charge in [0.1, 0.15) is 0 Å². The van der Waals surface area contributed by atoms with E-state index in [9.17, 15) is 4.79 Å². The van der Waals surface area contributed by atoms with Crippen LogP contribution < -0.4 is 0 Å². The van der Waals surface area contributed by atoms with Gasteiger partial charge in [0.2, 0.25) is 0 Å². The molecule has 0 aromatic heterocycles. The maximum atomic E-state index is 12.6. The average molecular weight is 267 g/mol. The summed E-state index contributed by atoms with van der Waals surface area (Å²) in [5, 5.41) is 0. The number of hydrogen-bond donors (Lipinski definition) is 0. The van der Waals surface area contributed by atoms with Crippen molar-refractivity contribution in [3.63, 3.8) is 0 Å². The fourth-order valence-corrected chi connectivity index (χ4v) is 2.24. The van der Waals surface area contributed by atoms with Crippen molar-refractivity contribution in [3.8, 4) is 11.1 Å². The highest BCUT2D eigenvalue weighted by Gasteiger charge is 2.15. The average Bonchev–Trinajstić information content (AvgIpc) is 2.52. The molecule has 2 nitrogen and oxygen atoms in total. The summed E-state index contributed by atoms with van der Waals surface area (Å²) in [6, 6.07) is 17.9. The number of benzene rings is 2. The Hall–Kier alpha value is -2.09. The van der Waals surface area contributed by atoms with Crippen molar-refractivity contribution in [2.45, 2.75) is 19.8 Å². The predicted molar refractivity (Wildman–Crippen MR) is 83.7 cm³/mol. The largest absolute Gasteiger partial charge is 0.342 e. The van der Waals surface area contributed by atoms with E-state index in [0.29, 0.717) is 0 Å². The lowest BCUT2D eigenvalue weighted by atomic mass is 9.99. The van der Waals surface area contributed by atoms with Crippen molar-refractivity contribution >= 4 is 5.91 Å². The van der Waals surface area contributed by atoms with Gasteiger partial charge in [0.15, 0.2) is 0 Å². The van der Waals surface area contributed by atoms with Gasteiger partial charge in [0.05, 0.1) is 0 Å². The monoisotopic (exact) mass is 267 g/mol. The molecule has 0 atom stereocenters. The number of hydrogen-bond acceptors (Lipinski definition) is 1. The number of carbonyl (C=O) groups excluding carboxylic acids is 1. The minimum Gasteiger partial charge on any atom is -0.342 e. The van der Waals surface area contributed by atoms with Crippen LogP contribution in [0.25, 0.3) is 11.1 Å². The molecule has 0 aliphatic carbocycles. The molecule has 0 aliphatic rings. The third-order valence-corrected chi connectivity index (χ3v) is 3.44. The van der Waals surface area contributed by atoms with Crippen LogP contribution in [0.15, 0.2) is 54.6 Å². The van der Waals surface area contributed by atoms with Gasteiger partial charge in [-0.1, -0.05) is 61.9 Å². The molecule has 104 valence electrons. The Morgan fingerprint density at radius 1 is 1.00 bits per heavy atom. The number of amides is 1. The molecule has 1 amide bonds. The molecule has 20 heavy (non-hydrogen) atoms. The first-order chi connectivity index (χ1) is 9.74. The third kappa shape index (κ3) is 3.27. The number of carbonyl (C=O) groups is 1. The Labute approximate surface area is 121 Å². The van der Waals surface area contributed by atoms with Gasteiger partial charge in [0.25, 0.3) is 5.91 Å². The zero-order valence-electron chi connectivity index (χ0n) is 12.2. The lowest BCUT2D eigenvalue weighted by molar-refractivity contribution is 0.0794. The first-order valence-electron chi connectivity index (χ1n) is 7.14. The van der Waals surface area contributed by atoms with Crippen molar-refractivity contribution in [3.05, 3.63) is 60.2 Å². The van der Waals surface area contributed by atoms with Crippen LogP contribution in [0.3, 0.4) is 0 Å². The Morgan fingerprint density at radius 3 is 2.35 bits per heavy atom. The second-order valence-electron chi connectivity index (χ2n) is 4.99. The van der Waals surface area contributed by atoms with E-state index in [-0.39, 0.29) is 5.91 Å². The van der Waals surface area contributed by atoms with Crippen LogP contribution in [0.2, 0.25) is 0 Å². The first-order valence-corrected chi connectivity index (χ1v) is 7.14. The molecular formula is C18H21NO. The summed E-state index contributed by atoms with van der Waals surface area (Å²) in [4.78, 5) is 14.4. The summed E-state index contributed by atoms with van der Waals surface area (Å²) in [5.74, 6) is 0.0953. The summed E-state index contributed by atoms with van der Waals surface area (Å²) < 4.78 is 0. The van der Waals surface area contributed by atoms with Crippen molar-refractivity contribution in [2.75, 3.05) is 13.6 Å². The lowest BCUT2D eigenvalue weighted by Crippen LogP contribution is -2.28. The molecule has 0 heterocycles. The maximum absolute atomic E-state index is 12.6. The van der Waals surface area contributed by atoms with Crippen molar-refractivity contribution in [1.82, 2.24) is 4.90 Å². The van der Waals surface area contributed by atoms with Gasteiger partial charge in [0, 0.05) is 19.2 Å². The van der Waals surface area contributed by atoms with Crippen LogP contribution >= 0.6 is 0 Å². The van der Waals surface area contributed by atoms with E-state index < -0.39 is 0 Å². The van der Waals surface area contributed by atoms with Gasteiger partial charge in [-0.15, -0.1) is 0 Å². The molecule has 0 spiro atoms. The molecule has 0 aliphatic heterocycles. The normalized spacial score (nSPS) is 10.3. The zero-order chi connectivity index (χ0) is 14.4. The quantitative estimate of drug-likeness (QED) is 0.794. The standard InChI is InChI=1S/C18H21NO/c1-3-4-14-19(2)18(20)17-13-9-8-12-16(17)15-10-6-5-7-11-15/h5-13H,3-4,14H2,1-2H3. The molecule has 2 heteroatoms. The third-order valence-electron chi connectivity index (χ3n) is 3.44. The van der Waals surface area contributed by atoms with Gasteiger partial charge in [-0.05, 0) is 23.6 Å². The fourth-order valence-electron chi connectivity index (χ4n) is 2.24. The minimum atomic E-state index is 0.0953. The van der Waals surface area contributed by atoms with Gasteiger partial charge in [-0.3, -0.25) is 4.79 Å². The molecule has 2 aromatic rings. The van der Waals surface area contributed by atoms with Crippen molar-refractivity contribution < 1.29 is 4.79 Å². The molecule has 0 N–H and O–H groups in total. The number of rotatable bonds is 5. The van der Waals surface area contributed by atoms with Crippen LogP contribution in [-0.2, 0) is 0 Å². The molecule has 0 saturated heterocycles. The van der Waals surface area contributed by atoms with Gasteiger partial charge >= 0.3 is 0 Å². The maximum Gasteiger partial charge on any atom is 0.254 e. The topological polar surface area (TPSA) is 20.3 Å². The van der Waals surface area contributed by atoms with E-state index in [0.717, 1.165) is 36.1 Å². The molecule has 0 fully saturated rings. The lowest BCUT2D eigenvalue weighted by Gasteiger charge is -2.18. The minimum absolute atomic E-state index is 0.0953. The number of unbranched alkanes of at least 4 members (excludes halogenated alkanes) is 1. The molecular weight excluding hydrogens is 246 g/mol. The van der Waals surface area contributed by atoms with Gasteiger partial charge < -0.3 is 4.90 Å². The molecule has 2 rings (SSSR count). The molecule has 0 radical (unpaired) electrons. The van der Waals surface area contributed by atoms with E-state index in [1.807, 2.05) is 66.5 Å². The molecule has 0 bridgehead atoms.